The first-order valence-corrected chi connectivity index (χ1v) is 9.05. The van der Waals surface area contributed by atoms with Gasteiger partial charge in [-0.25, -0.2) is 0 Å². The Labute approximate surface area is 157 Å². The third-order valence-electron chi connectivity index (χ3n) is 4.81. The standard InChI is InChI=1S/C20H23N3O4/c21-19-4-2-1-3-15(19)5-10-20(24)22-13-11-18(12-14-22)27-17-8-6-16(7-9-17)23(25)26/h1-4,6-9,18H,5,10-14,21H2. The van der Waals surface area contributed by atoms with Gasteiger partial charge in [0.25, 0.3) is 5.69 Å². The van der Waals surface area contributed by atoms with Gasteiger partial charge < -0.3 is 15.4 Å². The van der Waals surface area contributed by atoms with Crippen LogP contribution < -0.4 is 10.5 Å². The highest BCUT2D eigenvalue weighted by Gasteiger charge is 2.24. The Hall–Kier alpha value is -3.09. The van der Waals surface area contributed by atoms with Gasteiger partial charge in [0.1, 0.15) is 11.9 Å². The highest BCUT2D eigenvalue weighted by Crippen LogP contribution is 2.22. The topological polar surface area (TPSA) is 98.7 Å². The van der Waals surface area contributed by atoms with E-state index in [2.05, 4.69) is 0 Å². The van der Waals surface area contributed by atoms with Crippen molar-refractivity contribution in [2.45, 2.75) is 31.8 Å². The van der Waals surface area contributed by atoms with Crippen LogP contribution in [0.4, 0.5) is 11.4 Å². The number of rotatable bonds is 6. The number of likely N-dealkylation sites (tertiary alicyclic amines) is 1. The zero-order valence-electron chi connectivity index (χ0n) is 15.0. The lowest BCUT2D eigenvalue weighted by Crippen LogP contribution is -2.41. The molecule has 2 aromatic rings. The zero-order chi connectivity index (χ0) is 19.2. The number of carbonyl (C=O) groups excluding carboxylic acids is 1. The van der Waals surface area contributed by atoms with Crippen molar-refractivity contribution in [3.05, 3.63) is 64.2 Å². The van der Waals surface area contributed by atoms with Crippen molar-refractivity contribution in [1.82, 2.24) is 4.90 Å². The summed E-state index contributed by atoms with van der Waals surface area (Å²) in [7, 11) is 0. The van der Waals surface area contributed by atoms with Crippen LogP contribution in [0.1, 0.15) is 24.8 Å². The molecule has 0 saturated carbocycles. The summed E-state index contributed by atoms with van der Waals surface area (Å²) in [5.41, 5.74) is 7.69. The number of ether oxygens (including phenoxy) is 1. The number of nitro groups is 1. The number of hydrogen-bond donors (Lipinski definition) is 1. The maximum atomic E-state index is 12.4. The van der Waals surface area contributed by atoms with Crippen LogP contribution in [-0.4, -0.2) is 34.9 Å². The van der Waals surface area contributed by atoms with Crippen molar-refractivity contribution in [1.29, 1.82) is 0 Å². The number of nitro benzene ring substituents is 1. The molecule has 0 aliphatic carbocycles. The van der Waals surface area contributed by atoms with Crippen molar-refractivity contribution in [3.63, 3.8) is 0 Å². The van der Waals surface area contributed by atoms with Gasteiger partial charge in [-0.05, 0) is 30.2 Å². The first kappa shape index (κ1) is 18.7. The summed E-state index contributed by atoms with van der Waals surface area (Å²) in [6.07, 6.45) is 2.60. The van der Waals surface area contributed by atoms with Crippen molar-refractivity contribution in [2.24, 2.45) is 0 Å². The molecule has 3 rings (SSSR count). The van der Waals surface area contributed by atoms with Gasteiger partial charge in [0.05, 0.1) is 4.92 Å². The molecule has 142 valence electrons. The van der Waals surface area contributed by atoms with E-state index in [1.54, 1.807) is 12.1 Å². The average molecular weight is 369 g/mol. The minimum atomic E-state index is -0.434. The molecule has 0 radical (unpaired) electrons. The third-order valence-corrected chi connectivity index (χ3v) is 4.81. The van der Waals surface area contributed by atoms with E-state index >= 15 is 0 Å². The van der Waals surface area contributed by atoms with Crippen LogP contribution in [0.15, 0.2) is 48.5 Å². The van der Waals surface area contributed by atoms with Crippen LogP contribution in [0.3, 0.4) is 0 Å². The SMILES string of the molecule is Nc1ccccc1CCC(=O)N1CCC(Oc2ccc([N+](=O)[O-])cc2)CC1. The molecule has 27 heavy (non-hydrogen) atoms. The van der Waals surface area contributed by atoms with Gasteiger partial charge in [-0.1, -0.05) is 18.2 Å². The number of amides is 1. The molecule has 1 heterocycles. The second-order valence-corrected chi connectivity index (χ2v) is 6.65. The van der Waals surface area contributed by atoms with Crippen LogP contribution in [0.25, 0.3) is 0 Å². The molecule has 0 bridgehead atoms. The van der Waals surface area contributed by atoms with Crippen LogP contribution in [0, 0.1) is 10.1 Å². The molecule has 0 unspecified atom stereocenters. The van der Waals surface area contributed by atoms with Crippen molar-refractivity contribution in [2.75, 3.05) is 18.8 Å². The Balaban J connectivity index is 1.44. The van der Waals surface area contributed by atoms with E-state index in [1.165, 1.54) is 12.1 Å². The largest absolute Gasteiger partial charge is 0.490 e. The summed E-state index contributed by atoms with van der Waals surface area (Å²) in [6, 6.07) is 13.7. The molecule has 7 heteroatoms. The van der Waals surface area contributed by atoms with Crippen molar-refractivity contribution < 1.29 is 14.5 Å². The van der Waals surface area contributed by atoms with Gasteiger partial charge in [0.2, 0.25) is 5.91 Å². The molecule has 2 N–H and O–H groups in total. The Morgan fingerprint density at radius 2 is 1.81 bits per heavy atom. The predicted molar refractivity (Wildman–Crippen MR) is 103 cm³/mol. The first-order chi connectivity index (χ1) is 13.0. The van der Waals surface area contributed by atoms with Crippen LogP contribution in [-0.2, 0) is 11.2 Å². The molecule has 1 amide bonds. The molecule has 0 atom stereocenters. The highest BCUT2D eigenvalue weighted by molar-refractivity contribution is 5.76. The summed E-state index contributed by atoms with van der Waals surface area (Å²) < 4.78 is 5.89. The molecule has 2 aromatic carbocycles. The summed E-state index contributed by atoms with van der Waals surface area (Å²) in [5.74, 6) is 0.747. The van der Waals surface area contributed by atoms with Crippen molar-refractivity contribution in [3.8, 4) is 5.75 Å². The molecule has 1 aliphatic heterocycles. The second kappa shape index (κ2) is 8.53. The van der Waals surface area contributed by atoms with E-state index in [1.807, 2.05) is 29.2 Å². The number of benzene rings is 2. The van der Waals surface area contributed by atoms with E-state index in [-0.39, 0.29) is 17.7 Å². The van der Waals surface area contributed by atoms with Gasteiger partial charge in [-0.2, -0.15) is 0 Å². The Morgan fingerprint density at radius 3 is 2.44 bits per heavy atom. The summed E-state index contributed by atoms with van der Waals surface area (Å²) in [5, 5.41) is 10.7. The number of aryl methyl sites for hydroxylation is 1. The minimum Gasteiger partial charge on any atom is -0.490 e. The monoisotopic (exact) mass is 369 g/mol. The molecule has 1 aliphatic rings. The minimum absolute atomic E-state index is 0.0141. The van der Waals surface area contributed by atoms with Gasteiger partial charge in [-0.15, -0.1) is 0 Å². The number of para-hydroxylation sites is 1. The molecular weight excluding hydrogens is 346 g/mol. The molecule has 0 aromatic heterocycles. The van der Waals surface area contributed by atoms with E-state index < -0.39 is 4.92 Å². The highest BCUT2D eigenvalue weighted by atomic mass is 16.6. The number of non-ortho nitro benzene ring substituents is 1. The summed E-state index contributed by atoms with van der Waals surface area (Å²) in [4.78, 5) is 24.6. The fourth-order valence-corrected chi connectivity index (χ4v) is 3.22. The fourth-order valence-electron chi connectivity index (χ4n) is 3.22. The van der Waals surface area contributed by atoms with Crippen LogP contribution >= 0.6 is 0 Å². The second-order valence-electron chi connectivity index (χ2n) is 6.65. The Kier molecular flexibility index (Phi) is 5.90. The number of nitrogen functional groups attached to an aromatic ring is 1. The lowest BCUT2D eigenvalue weighted by atomic mass is 10.0. The van der Waals surface area contributed by atoms with Gasteiger partial charge >= 0.3 is 0 Å². The van der Waals surface area contributed by atoms with Crippen LogP contribution in [0.2, 0.25) is 0 Å². The molecule has 1 fully saturated rings. The van der Waals surface area contributed by atoms with Gasteiger partial charge in [0, 0.05) is 50.2 Å². The van der Waals surface area contributed by atoms with E-state index in [4.69, 9.17) is 10.5 Å². The lowest BCUT2D eigenvalue weighted by Gasteiger charge is -2.32. The average Bonchev–Trinajstić information content (AvgIpc) is 2.68. The predicted octanol–water partition coefficient (Wildman–Crippen LogP) is 3.18. The summed E-state index contributed by atoms with van der Waals surface area (Å²) in [6.45, 7) is 1.31. The smallest absolute Gasteiger partial charge is 0.269 e. The van der Waals surface area contributed by atoms with Gasteiger partial charge in [-0.3, -0.25) is 14.9 Å². The number of nitrogens with zero attached hydrogens (tertiary/aromatic N) is 2. The number of nitrogens with two attached hydrogens (primary N) is 1. The lowest BCUT2D eigenvalue weighted by molar-refractivity contribution is -0.384. The third kappa shape index (κ3) is 4.97. The first-order valence-electron chi connectivity index (χ1n) is 9.05. The normalized spacial score (nSPS) is 14.7. The van der Waals surface area contributed by atoms with E-state index in [0.29, 0.717) is 31.7 Å². The summed E-state index contributed by atoms with van der Waals surface area (Å²) >= 11 is 0. The molecular formula is C20H23N3O4. The van der Waals surface area contributed by atoms with E-state index in [9.17, 15) is 14.9 Å². The fraction of sp³-hybridized carbons (Fsp3) is 0.350. The van der Waals surface area contributed by atoms with Crippen LogP contribution in [0.5, 0.6) is 5.75 Å². The number of hydrogen-bond acceptors (Lipinski definition) is 5. The maximum absolute atomic E-state index is 12.4. The molecule has 0 spiro atoms. The Morgan fingerprint density at radius 1 is 1.15 bits per heavy atom. The molecule has 1 saturated heterocycles. The quantitative estimate of drug-likeness (QED) is 0.479. The molecule has 7 nitrogen and oxygen atoms in total. The van der Waals surface area contributed by atoms with Gasteiger partial charge in [0.15, 0.2) is 0 Å². The maximum Gasteiger partial charge on any atom is 0.269 e. The number of anilines is 1. The van der Waals surface area contributed by atoms with Crippen molar-refractivity contribution >= 4 is 17.3 Å². The number of piperidine rings is 1. The zero-order valence-corrected chi connectivity index (χ0v) is 15.0. The number of carbonyl (C=O) groups is 1. The van der Waals surface area contributed by atoms with E-state index in [0.717, 1.165) is 24.1 Å². The Bertz CT molecular complexity index is 799.